The molecule has 0 amide bonds. The van der Waals surface area contributed by atoms with E-state index in [2.05, 4.69) is 11.1 Å². The number of rotatable bonds is 7. The molecule has 0 fully saturated rings. The molecule has 2 aromatic carbocycles. The SMILES string of the molecule is CCOc1ccc(/C=C(/C#N)c2nc(-c3ccc(OCC)cc3)cs2)cc1. The number of allylic oxidation sites excluding steroid dienone is 1. The Balaban J connectivity index is 1.81. The Morgan fingerprint density at radius 1 is 1.00 bits per heavy atom. The molecule has 0 bridgehead atoms. The van der Waals surface area contributed by atoms with Gasteiger partial charge in [0.2, 0.25) is 0 Å². The number of hydrogen-bond acceptors (Lipinski definition) is 5. The summed E-state index contributed by atoms with van der Waals surface area (Å²) in [6.45, 7) is 5.18. The molecule has 5 heteroatoms. The largest absolute Gasteiger partial charge is 0.494 e. The summed E-state index contributed by atoms with van der Waals surface area (Å²) in [5.41, 5.74) is 3.33. The fourth-order valence-electron chi connectivity index (χ4n) is 2.55. The Bertz CT molecular complexity index is 951. The maximum atomic E-state index is 9.56. The Morgan fingerprint density at radius 2 is 1.59 bits per heavy atom. The minimum absolute atomic E-state index is 0.543. The predicted molar refractivity (Wildman–Crippen MR) is 110 cm³/mol. The second-order valence-electron chi connectivity index (χ2n) is 5.67. The van der Waals surface area contributed by atoms with Gasteiger partial charge >= 0.3 is 0 Å². The van der Waals surface area contributed by atoms with Crippen molar-refractivity contribution < 1.29 is 9.47 Å². The molecule has 0 aliphatic carbocycles. The highest BCUT2D eigenvalue weighted by Gasteiger charge is 2.09. The van der Waals surface area contributed by atoms with Gasteiger partial charge < -0.3 is 9.47 Å². The van der Waals surface area contributed by atoms with Crippen LogP contribution in [0.1, 0.15) is 24.4 Å². The van der Waals surface area contributed by atoms with Crippen LogP contribution >= 0.6 is 11.3 Å². The van der Waals surface area contributed by atoms with E-state index < -0.39 is 0 Å². The van der Waals surface area contributed by atoms with Crippen LogP contribution in [-0.4, -0.2) is 18.2 Å². The number of nitrogens with zero attached hydrogens (tertiary/aromatic N) is 2. The van der Waals surface area contributed by atoms with E-state index >= 15 is 0 Å². The summed E-state index contributed by atoms with van der Waals surface area (Å²) in [6.07, 6.45) is 1.84. The molecule has 136 valence electrons. The molecule has 0 saturated heterocycles. The molecule has 0 aliphatic heterocycles. The lowest BCUT2D eigenvalue weighted by atomic mass is 10.1. The summed E-state index contributed by atoms with van der Waals surface area (Å²) in [4.78, 5) is 4.63. The highest BCUT2D eigenvalue weighted by atomic mass is 32.1. The molecular weight excluding hydrogens is 356 g/mol. The van der Waals surface area contributed by atoms with E-state index in [0.717, 1.165) is 28.3 Å². The van der Waals surface area contributed by atoms with Gasteiger partial charge in [-0.3, -0.25) is 0 Å². The molecule has 0 spiro atoms. The average Bonchev–Trinajstić information content (AvgIpc) is 3.18. The quantitative estimate of drug-likeness (QED) is 0.498. The third-order valence-corrected chi connectivity index (χ3v) is 4.69. The van der Waals surface area contributed by atoms with Crippen LogP contribution in [-0.2, 0) is 0 Å². The number of thiazole rings is 1. The third-order valence-electron chi connectivity index (χ3n) is 3.82. The predicted octanol–water partition coefficient (Wildman–Crippen LogP) is 5.67. The van der Waals surface area contributed by atoms with Crippen molar-refractivity contribution in [2.45, 2.75) is 13.8 Å². The minimum Gasteiger partial charge on any atom is -0.494 e. The molecule has 27 heavy (non-hydrogen) atoms. The molecule has 3 rings (SSSR count). The molecule has 4 nitrogen and oxygen atoms in total. The Labute approximate surface area is 163 Å². The average molecular weight is 376 g/mol. The van der Waals surface area contributed by atoms with Crippen LogP contribution in [0.4, 0.5) is 0 Å². The summed E-state index contributed by atoms with van der Waals surface area (Å²) in [7, 11) is 0. The van der Waals surface area contributed by atoms with E-state index in [1.165, 1.54) is 11.3 Å². The van der Waals surface area contributed by atoms with Crippen molar-refractivity contribution in [1.82, 2.24) is 4.98 Å². The van der Waals surface area contributed by atoms with Crippen molar-refractivity contribution in [2.75, 3.05) is 13.2 Å². The zero-order chi connectivity index (χ0) is 19.1. The summed E-state index contributed by atoms with van der Waals surface area (Å²) >= 11 is 1.46. The smallest absolute Gasteiger partial charge is 0.134 e. The topological polar surface area (TPSA) is 55.1 Å². The molecule has 3 aromatic rings. The van der Waals surface area contributed by atoms with Gasteiger partial charge in [-0.15, -0.1) is 11.3 Å². The van der Waals surface area contributed by atoms with Crippen LogP contribution in [0.3, 0.4) is 0 Å². The van der Waals surface area contributed by atoms with Gasteiger partial charge in [0, 0.05) is 10.9 Å². The first-order chi connectivity index (χ1) is 13.2. The number of aromatic nitrogens is 1. The van der Waals surface area contributed by atoms with Crippen LogP contribution in [0.2, 0.25) is 0 Å². The maximum absolute atomic E-state index is 9.56. The van der Waals surface area contributed by atoms with E-state index in [1.54, 1.807) is 0 Å². The minimum atomic E-state index is 0.543. The van der Waals surface area contributed by atoms with Gasteiger partial charge in [-0.1, -0.05) is 12.1 Å². The third kappa shape index (κ3) is 4.75. The van der Waals surface area contributed by atoms with Crippen LogP contribution in [0, 0.1) is 11.3 Å². The summed E-state index contributed by atoms with van der Waals surface area (Å²) in [5.74, 6) is 1.66. The lowest BCUT2D eigenvalue weighted by Crippen LogP contribution is -1.91. The molecule has 0 unspecified atom stereocenters. The van der Waals surface area contributed by atoms with Gasteiger partial charge in [-0.2, -0.15) is 5.26 Å². The monoisotopic (exact) mass is 376 g/mol. The lowest BCUT2D eigenvalue weighted by molar-refractivity contribution is 0.340. The molecule has 0 N–H and O–H groups in total. The van der Waals surface area contributed by atoms with Crippen LogP contribution in [0.25, 0.3) is 22.9 Å². The molecule has 0 aliphatic rings. The van der Waals surface area contributed by atoms with Gasteiger partial charge in [0.15, 0.2) is 0 Å². The van der Waals surface area contributed by atoms with Gasteiger partial charge in [-0.25, -0.2) is 4.98 Å². The fraction of sp³-hybridized carbons (Fsp3) is 0.182. The first kappa shape index (κ1) is 18.7. The van der Waals surface area contributed by atoms with E-state index in [0.29, 0.717) is 23.8 Å². The molecule has 0 saturated carbocycles. The highest BCUT2D eigenvalue weighted by Crippen LogP contribution is 2.28. The Morgan fingerprint density at radius 3 is 2.15 bits per heavy atom. The summed E-state index contributed by atoms with van der Waals surface area (Å²) in [6, 6.07) is 17.7. The zero-order valence-electron chi connectivity index (χ0n) is 15.3. The number of benzene rings is 2. The number of ether oxygens (including phenoxy) is 2. The van der Waals surface area contributed by atoms with Crippen LogP contribution < -0.4 is 9.47 Å². The zero-order valence-corrected chi connectivity index (χ0v) is 16.1. The molecular formula is C22H20N2O2S. The van der Waals surface area contributed by atoms with Gasteiger partial charge in [-0.05, 0) is 61.9 Å². The van der Waals surface area contributed by atoms with E-state index in [9.17, 15) is 5.26 Å². The van der Waals surface area contributed by atoms with Crippen molar-refractivity contribution >= 4 is 23.0 Å². The number of hydrogen-bond donors (Lipinski definition) is 0. The maximum Gasteiger partial charge on any atom is 0.134 e. The van der Waals surface area contributed by atoms with Crippen molar-refractivity contribution in [3.63, 3.8) is 0 Å². The van der Waals surface area contributed by atoms with Crippen molar-refractivity contribution in [3.8, 4) is 28.8 Å². The molecule has 0 atom stereocenters. The second-order valence-corrected chi connectivity index (χ2v) is 6.53. The first-order valence-electron chi connectivity index (χ1n) is 8.77. The van der Waals surface area contributed by atoms with Crippen molar-refractivity contribution in [2.24, 2.45) is 0 Å². The van der Waals surface area contributed by atoms with Gasteiger partial charge in [0.1, 0.15) is 22.6 Å². The number of nitriles is 1. The van der Waals surface area contributed by atoms with Crippen LogP contribution in [0.5, 0.6) is 11.5 Å². The van der Waals surface area contributed by atoms with Gasteiger partial charge in [0.05, 0.1) is 24.5 Å². The summed E-state index contributed by atoms with van der Waals surface area (Å²) < 4.78 is 10.9. The van der Waals surface area contributed by atoms with Crippen molar-refractivity contribution in [1.29, 1.82) is 5.26 Å². The van der Waals surface area contributed by atoms with E-state index in [4.69, 9.17) is 9.47 Å². The molecule has 1 aromatic heterocycles. The van der Waals surface area contributed by atoms with E-state index in [1.807, 2.05) is 73.8 Å². The van der Waals surface area contributed by atoms with Crippen LogP contribution in [0.15, 0.2) is 53.9 Å². The first-order valence-corrected chi connectivity index (χ1v) is 9.65. The Kier molecular flexibility index (Phi) is 6.24. The highest BCUT2D eigenvalue weighted by molar-refractivity contribution is 7.11. The normalized spacial score (nSPS) is 11.1. The van der Waals surface area contributed by atoms with Crippen molar-refractivity contribution in [3.05, 3.63) is 64.5 Å². The Hall–Kier alpha value is -3.10. The molecule has 1 heterocycles. The second kappa shape index (κ2) is 9.02. The standard InChI is InChI=1S/C22H20N2O2S/c1-3-25-19-9-5-16(6-10-19)13-18(14-23)22-24-21(15-27-22)17-7-11-20(12-8-17)26-4-2/h5-13,15H,3-4H2,1-2H3/b18-13-. The fourth-order valence-corrected chi connectivity index (χ4v) is 3.35. The van der Waals surface area contributed by atoms with E-state index in [-0.39, 0.29) is 0 Å². The van der Waals surface area contributed by atoms with Gasteiger partial charge in [0.25, 0.3) is 0 Å². The lowest BCUT2D eigenvalue weighted by Gasteiger charge is -2.03. The summed E-state index contributed by atoms with van der Waals surface area (Å²) in [5, 5.41) is 12.2. The molecule has 0 radical (unpaired) electrons.